The molecule has 0 saturated carbocycles. The molecule has 1 atom stereocenters. The summed E-state index contributed by atoms with van der Waals surface area (Å²) in [5, 5.41) is 0.0870. The summed E-state index contributed by atoms with van der Waals surface area (Å²) in [6.45, 7) is 5.51. The van der Waals surface area contributed by atoms with Crippen LogP contribution in [0.5, 0.6) is 0 Å². The number of imidazole rings is 1. The van der Waals surface area contributed by atoms with Crippen molar-refractivity contribution in [2.45, 2.75) is 31.8 Å². The van der Waals surface area contributed by atoms with Crippen molar-refractivity contribution in [2.75, 3.05) is 0 Å². The third-order valence-corrected chi connectivity index (χ3v) is 4.33. The molecule has 19 heavy (non-hydrogen) atoms. The molecule has 0 aliphatic heterocycles. The number of sulfonamides is 1. The zero-order valence-corrected chi connectivity index (χ0v) is 12.0. The van der Waals surface area contributed by atoms with Gasteiger partial charge in [-0.05, 0) is 26.3 Å². The minimum atomic E-state index is -3.57. The first-order valence-corrected chi connectivity index (χ1v) is 7.47. The molecule has 1 aromatic heterocycles. The molecular weight excluding hydrogens is 262 g/mol. The van der Waals surface area contributed by atoms with E-state index in [0.29, 0.717) is 5.82 Å². The van der Waals surface area contributed by atoms with E-state index in [1.165, 1.54) is 6.20 Å². The Balaban J connectivity index is 2.18. The Bertz CT molecular complexity index is 659. The average molecular weight is 279 g/mol. The molecule has 6 heteroatoms. The molecule has 2 aromatic rings. The first-order valence-electron chi connectivity index (χ1n) is 5.99. The van der Waals surface area contributed by atoms with Crippen LogP contribution in [0.3, 0.4) is 0 Å². The summed E-state index contributed by atoms with van der Waals surface area (Å²) in [4.78, 5) is 6.62. The van der Waals surface area contributed by atoms with E-state index in [0.717, 1.165) is 11.1 Å². The normalized spacial score (nSPS) is 13.4. The summed E-state index contributed by atoms with van der Waals surface area (Å²) in [5.74, 6) is 0.573. The maximum atomic E-state index is 12.1. The molecule has 0 amide bonds. The van der Waals surface area contributed by atoms with Gasteiger partial charge in [0.25, 0.3) is 10.0 Å². The van der Waals surface area contributed by atoms with Gasteiger partial charge in [-0.25, -0.2) is 18.1 Å². The molecule has 0 saturated heterocycles. The highest BCUT2D eigenvalue weighted by molar-refractivity contribution is 7.89. The summed E-state index contributed by atoms with van der Waals surface area (Å²) in [5.41, 5.74) is 2.06. The number of hydrogen-bond acceptors (Lipinski definition) is 3. The third kappa shape index (κ3) is 3.21. The zero-order valence-electron chi connectivity index (χ0n) is 11.1. The molecule has 102 valence electrons. The van der Waals surface area contributed by atoms with E-state index < -0.39 is 10.0 Å². The molecule has 1 aromatic carbocycles. The highest BCUT2D eigenvalue weighted by Gasteiger charge is 2.20. The van der Waals surface area contributed by atoms with Gasteiger partial charge < -0.3 is 4.98 Å². The minimum Gasteiger partial charge on any atom is -0.332 e. The van der Waals surface area contributed by atoms with Gasteiger partial charge in [-0.2, -0.15) is 0 Å². The van der Waals surface area contributed by atoms with Crippen LogP contribution in [-0.2, 0) is 10.0 Å². The lowest BCUT2D eigenvalue weighted by molar-refractivity contribution is 0.563. The Morgan fingerprint density at radius 2 is 1.84 bits per heavy atom. The van der Waals surface area contributed by atoms with Crippen LogP contribution in [0.25, 0.3) is 0 Å². The molecule has 0 aliphatic rings. The molecule has 1 heterocycles. The third-order valence-electron chi connectivity index (χ3n) is 2.88. The Morgan fingerprint density at radius 1 is 1.21 bits per heavy atom. The van der Waals surface area contributed by atoms with Gasteiger partial charge in [-0.3, -0.25) is 0 Å². The van der Waals surface area contributed by atoms with Gasteiger partial charge in [0.2, 0.25) is 0 Å². The maximum Gasteiger partial charge on any atom is 0.258 e. The second-order valence-electron chi connectivity index (χ2n) is 4.59. The van der Waals surface area contributed by atoms with E-state index in [-0.39, 0.29) is 11.1 Å². The van der Waals surface area contributed by atoms with Gasteiger partial charge in [-0.1, -0.05) is 29.8 Å². The molecule has 0 spiro atoms. The predicted octanol–water partition coefficient (Wildman–Crippen LogP) is 2.07. The van der Waals surface area contributed by atoms with Crippen LogP contribution in [-0.4, -0.2) is 18.4 Å². The van der Waals surface area contributed by atoms with Gasteiger partial charge in [0.1, 0.15) is 5.82 Å². The number of benzene rings is 1. The molecule has 2 N–H and O–H groups in total. The number of hydrogen-bond donors (Lipinski definition) is 2. The number of H-pyrrole nitrogens is 1. The summed E-state index contributed by atoms with van der Waals surface area (Å²) in [6, 6.07) is 7.46. The SMILES string of the molecule is Cc1ccc(C(C)NS(=O)(=O)c2cnc(C)[nH]2)cc1. The Morgan fingerprint density at radius 3 is 2.37 bits per heavy atom. The van der Waals surface area contributed by atoms with Gasteiger partial charge >= 0.3 is 0 Å². The van der Waals surface area contributed by atoms with Gasteiger partial charge in [-0.15, -0.1) is 0 Å². The van der Waals surface area contributed by atoms with Crippen LogP contribution in [0.4, 0.5) is 0 Å². The fourth-order valence-corrected chi connectivity index (χ4v) is 2.96. The second kappa shape index (κ2) is 5.14. The van der Waals surface area contributed by atoms with Crippen molar-refractivity contribution in [3.63, 3.8) is 0 Å². The number of aromatic amines is 1. The van der Waals surface area contributed by atoms with Gasteiger partial charge in [0, 0.05) is 6.04 Å². The lowest BCUT2D eigenvalue weighted by Crippen LogP contribution is -2.27. The molecular formula is C13H17N3O2S. The van der Waals surface area contributed by atoms with E-state index in [9.17, 15) is 8.42 Å². The quantitative estimate of drug-likeness (QED) is 0.899. The van der Waals surface area contributed by atoms with Crippen molar-refractivity contribution >= 4 is 10.0 Å². The molecule has 0 fully saturated rings. The highest BCUT2D eigenvalue weighted by atomic mass is 32.2. The topological polar surface area (TPSA) is 74.8 Å². The standard InChI is InChI=1S/C13H17N3O2S/c1-9-4-6-12(7-5-9)10(2)16-19(17,18)13-8-14-11(3)15-13/h4-8,10,16H,1-3H3,(H,14,15). The van der Waals surface area contributed by atoms with Gasteiger partial charge in [0.05, 0.1) is 6.20 Å². The lowest BCUT2D eigenvalue weighted by atomic mass is 10.1. The van der Waals surface area contributed by atoms with Crippen molar-refractivity contribution < 1.29 is 8.42 Å². The first kappa shape index (κ1) is 13.8. The van der Waals surface area contributed by atoms with Crippen LogP contribution in [0.15, 0.2) is 35.5 Å². The van der Waals surface area contributed by atoms with E-state index in [2.05, 4.69) is 14.7 Å². The molecule has 2 rings (SSSR count). The van der Waals surface area contributed by atoms with Crippen molar-refractivity contribution in [2.24, 2.45) is 0 Å². The van der Waals surface area contributed by atoms with Crippen LogP contribution in [0.2, 0.25) is 0 Å². The molecule has 0 radical (unpaired) electrons. The van der Waals surface area contributed by atoms with Crippen LogP contribution >= 0.6 is 0 Å². The number of nitrogens with zero attached hydrogens (tertiary/aromatic N) is 1. The number of rotatable bonds is 4. The van der Waals surface area contributed by atoms with Crippen molar-refractivity contribution in [1.82, 2.24) is 14.7 Å². The first-order chi connectivity index (χ1) is 8.88. The fraction of sp³-hybridized carbons (Fsp3) is 0.308. The minimum absolute atomic E-state index is 0.0870. The van der Waals surface area contributed by atoms with E-state index in [1.54, 1.807) is 6.92 Å². The number of nitrogens with one attached hydrogen (secondary N) is 2. The molecule has 0 aliphatic carbocycles. The van der Waals surface area contributed by atoms with Crippen molar-refractivity contribution in [1.29, 1.82) is 0 Å². The second-order valence-corrected chi connectivity index (χ2v) is 6.27. The summed E-state index contributed by atoms with van der Waals surface area (Å²) < 4.78 is 26.9. The lowest BCUT2D eigenvalue weighted by Gasteiger charge is -2.13. The Labute approximate surface area is 113 Å². The number of aromatic nitrogens is 2. The molecule has 0 bridgehead atoms. The largest absolute Gasteiger partial charge is 0.332 e. The molecule has 1 unspecified atom stereocenters. The summed E-state index contributed by atoms with van der Waals surface area (Å²) in [7, 11) is -3.57. The molecule has 5 nitrogen and oxygen atoms in total. The van der Waals surface area contributed by atoms with E-state index in [4.69, 9.17) is 0 Å². The highest BCUT2D eigenvalue weighted by Crippen LogP contribution is 2.16. The number of aryl methyl sites for hydroxylation is 2. The monoisotopic (exact) mass is 279 g/mol. The van der Waals surface area contributed by atoms with Crippen LogP contribution in [0, 0.1) is 13.8 Å². The van der Waals surface area contributed by atoms with Crippen LogP contribution < -0.4 is 4.72 Å². The van der Waals surface area contributed by atoms with Gasteiger partial charge in [0.15, 0.2) is 5.03 Å². The Hall–Kier alpha value is -1.66. The smallest absolute Gasteiger partial charge is 0.258 e. The van der Waals surface area contributed by atoms with E-state index >= 15 is 0 Å². The Kier molecular flexibility index (Phi) is 3.73. The maximum absolute atomic E-state index is 12.1. The summed E-state index contributed by atoms with van der Waals surface area (Å²) >= 11 is 0. The average Bonchev–Trinajstić information content (AvgIpc) is 2.77. The predicted molar refractivity (Wildman–Crippen MR) is 73.2 cm³/mol. The zero-order chi connectivity index (χ0) is 14.0. The van der Waals surface area contributed by atoms with E-state index in [1.807, 2.05) is 38.1 Å². The fourth-order valence-electron chi connectivity index (χ4n) is 1.75. The van der Waals surface area contributed by atoms with Crippen molar-refractivity contribution in [3.8, 4) is 0 Å². The van der Waals surface area contributed by atoms with Crippen LogP contribution in [0.1, 0.15) is 29.9 Å². The summed E-state index contributed by atoms with van der Waals surface area (Å²) in [6.07, 6.45) is 1.32. The van der Waals surface area contributed by atoms with Crippen molar-refractivity contribution in [3.05, 3.63) is 47.4 Å².